The summed E-state index contributed by atoms with van der Waals surface area (Å²) in [6, 6.07) is -1.56. The summed E-state index contributed by atoms with van der Waals surface area (Å²) >= 11 is 0. The number of carboxylic acid groups (broad SMARTS) is 1. The number of unbranched alkanes of at least 4 members (excludes halogenated alkanes) is 1. The Morgan fingerprint density at radius 3 is 2.26 bits per heavy atom. The van der Waals surface area contributed by atoms with Gasteiger partial charge in [-0.2, -0.15) is 0 Å². The Morgan fingerprint density at radius 1 is 1.32 bits per heavy atom. The van der Waals surface area contributed by atoms with Gasteiger partial charge < -0.3 is 21.1 Å². The molecule has 7 nitrogen and oxygen atoms in total. The highest BCUT2D eigenvalue weighted by Gasteiger charge is 2.26. The fraction of sp³-hybridized carbons (Fsp3) is 0.750. The number of urea groups is 1. The molecule has 0 rings (SSSR count). The Morgan fingerprint density at radius 2 is 1.89 bits per heavy atom. The molecule has 0 saturated carbocycles. The van der Waals surface area contributed by atoms with E-state index in [1.165, 1.54) is 4.90 Å². The molecule has 19 heavy (non-hydrogen) atoms. The summed E-state index contributed by atoms with van der Waals surface area (Å²) in [6.45, 7) is 5.51. The summed E-state index contributed by atoms with van der Waals surface area (Å²) in [4.78, 5) is 35.1. The standard InChI is InChI=1S/C12H23N3O4/c1-4-5-6-15(7-9(13)16)12(19)14-10(8(2)3)11(17)18/h8,10H,4-7H2,1-3H3,(H2,13,16)(H,14,19)(H,17,18)/t10-/m0/s1. The topological polar surface area (TPSA) is 113 Å². The second-order valence-electron chi connectivity index (χ2n) is 4.75. The van der Waals surface area contributed by atoms with E-state index >= 15 is 0 Å². The van der Waals surface area contributed by atoms with Gasteiger partial charge in [-0.25, -0.2) is 9.59 Å². The van der Waals surface area contributed by atoms with Gasteiger partial charge in [-0.15, -0.1) is 0 Å². The predicted octanol–water partition coefficient (Wildman–Crippen LogP) is 0.393. The molecule has 0 aromatic heterocycles. The second kappa shape index (κ2) is 8.34. The van der Waals surface area contributed by atoms with Crippen LogP contribution in [0.5, 0.6) is 0 Å². The molecule has 0 saturated heterocycles. The van der Waals surface area contributed by atoms with Gasteiger partial charge in [0.15, 0.2) is 0 Å². The van der Waals surface area contributed by atoms with Crippen LogP contribution in [0, 0.1) is 5.92 Å². The first-order valence-corrected chi connectivity index (χ1v) is 6.36. The number of hydrogen-bond acceptors (Lipinski definition) is 3. The highest BCUT2D eigenvalue weighted by molar-refractivity contribution is 5.86. The van der Waals surface area contributed by atoms with E-state index in [0.29, 0.717) is 6.54 Å². The van der Waals surface area contributed by atoms with Gasteiger partial charge in [0.25, 0.3) is 0 Å². The smallest absolute Gasteiger partial charge is 0.326 e. The number of aliphatic carboxylic acids is 1. The molecule has 0 spiro atoms. The normalized spacial score (nSPS) is 12.0. The third-order valence-electron chi connectivity index (χ3n) is 2.63. The zero-order chi connectivity index (χ0) is 15.0. The van der Waals surface area contributed by atoms with E-state index in [1.807, 2.05) is 6.92 Å². The van der Waals surface area contributed by atoms with Crippen LogP contribution in [0.25, 0.3) is 0 Å². The third kappa shape index (κ3) is 6.64. The zero-order valence-electron chi connectivity index (χ0n) is 11.7. The average molecular weight is 273 g/mol. The summed E-state index contributed by atoms with van der Waals surface area (Å²) < 4.78 is 0. The number of carboxylic acids is 1. The molecule has 1 atom stereocenters. The molecule has 0 aliphatic rings. The largest absolute Gasteiger partial charge is 0.480 e. The molecule has 0 aliphatic heterocycles. The Hall–Kier alpha value is -1.79. The molecule has 0 radical (unpaired) electrons. The molecule has 0 heterocycles. The summed E-state index contributed by atoms with van der Waals surface area (Å²) in [5, 5.41) is 11.4. The van der Waals surface area contributed by atoms with E-state index < -0.39 is 23.9 Å². The molecule has 0 bridgehead atoms. The number of rotatable bonds is 8. The van der Waals surface area contributed by atoms with Crippen molar-refractivity contribution < 1.29 is 19.5 Å². The first-order valence-electron chi connectivity index (χ1n) is 6.36. The maximum Gasteiger partial charge on any atom is 0.326 e. The number of nitrogens with two attached hydrogens (primary N) is 1. The lowest BCUT2D eigenvalue weighted by molar-refractivity contribution is -0.140. The molecule has 0 fully saturated rings. The highest BCUT2D eigenvalue weighted by atomic mass is 16.4. The zero-order valence-corrected chi connectivity index (χ0v) is 11.7. The minimum Gasteiger partial charge on any atom is -0.480 e. The first kappa shape index (κ1) is 17.2. The Kier molecular flexibility index (Phi) is 7.55. The van der Waals surface area contributed by atoms with Gasteiger partial charge in [0.2, 0.25) is 5.91 Å². The van der Waals surface area contributed by atoms with Crippen molar-refractivity contribution in [1.29, 1.82) is 0 Å². The Balaban J connectivity index is 4.68. The molecule has 7 heteroatoms. The van der Waals surface area contributed by atoms with E-state index in [0.717, 1.165) is 12.8 Å². The molecule has 0 aromatic rings. The minimum absolute atomic E-state index is 0.212. The van der Waals surface area contributed by atoms with Crippen LogP contribution < -0.4 is 11.1 Å². The van der Waals surface area contributed by atoms with E-state index in [9.17, 15) is 14.4 Å². The van der Waals surface area contributed by atoms with Crippen LogP contribution in [-0.4, -0.2) is 47.0 Å². The van der Waals surface area contributed by atoms with Crippen LogP contribution in [0.4, 0.5) is 4.79 Å². The summed E-state index contributed by atoms with van der Waals surface area (Å²) in [7, 11) is 0. The number of nitrogens with zero attached hydrogens (tertiary/aromatic N) is 1. The minimum atomic E-state index is -1.10. The quantitative estimate of drug-likeness (QED) is 0.593. The molecule has 0 unspecified atom stereocenters. The SMILES string of the molecule is CCCCN(CC(N)=O)C(=O)N[C@H](C(=O)O)C(C)C. The monoisotopic (exact) mass is 273 g/mol. The van der Waals surface area contributed by atoms with Crippen molar-refractivity contribution in [3.63, 3.8) is 0 Å². The lowest BCUT2D eigenvalue weighted by atomic mass is 10.1. The maximum absolute atomic E-state index is 11.9. The lowest BCUT2D eigenvalue weighted by Crippen LogP contribution is -2.52. The molecule has 0 aromatic carbocycles. The molecule has 4 N–H and O–H groups in total. The Bertz CT molecular complexity index is 331. The van der Waals surface area contributed by atoms with Gasteiger partial charge in [0.05, 0.1) is 0 Å². The van der Waals surface area contributed by atoms with Crippen LogP contribution in [0.1, 0.15) is 33.6 Å². The number of nitrogens with one attached hydrogen (secondary N) is 1. The van der Waals surface area contributed by atoms with Gasteiger partial charge in [0, 0.05) is 6.54 Å². The Labute approximate surface area is 113 Å². The van der Waals surface area contributed by atoms with E-state index in [4.69, 9.17) is 10.8 Å². The van der Waals surface area contributed by atoms with Crippen molar-refractivity contribution in [2.45, 2.75) is 39.7 Å². The van der Waals surface area contributed by atoms with Crippen molar-refractivity contribution in [3.8, 4) is 0 Å². The van der Waals surface area contributed by atoms with Gasteiger partial charge in [-0.05, 0) is 12.3 Å². The number of primary amides is 1. The summed E-state index contributed by atoms with van der Waals surface area (Å²) in [5.74, 6) is -1.97. The number of carbonyl (C=O) groups is 3. The molecule has 3 amide bonds. The maximum atomic E-state index is 11.9. The van der Waals surface area contributed by atoms with Crippen LogP contribution in [-0.2, 0) is 9.59 Å². The van der Waals surface area contributed by atoms with Gasteiger partial charge in [0.1, 0.15) is 12.6 Å². The van der Waals surface area contributed by atoms with Gasteiger partial charge >= 0.3 is 12.0 Å². The molecular formula is C12H23N3O4. The van der Waals surface area contributed by atoms with Gasteiger partial charge in [-0.1, -0.05) is 27.2 Å². The van der Waals surface area contributed by atoms with Crippen LogP contribution in [0.2, 0.25) is 0 Å². The van der Waals surface area contributed by atoms with Crippen LogP contribution in [0.15, 0.2) is 0 Å². The van der Waals surface area contributed by atoms with Crippen LogP contribution >= 0.6 is 0 Å². The van der Waals surface area contributed by atoms with E-state index in [-0.39, 0.29) is 12.5 Å². The molecule has 110 valence electrons. The van der Waals surface area contributed by atoms with E-state index in [2.05, 4.69) is 5.32 Å². The van der Waals surface area contributed by atoms with Crippen molar-refractivity contribution >= 4 is 17.9 Å². The average Bonchev–Trinajstić information content (AvgIpc) is 2.29. The van der Waals surface area contributed by atoms with Crippen molar-refractivity contribution in [1.82, 2.24) is 10.2 Å². The molecular weight excluding hydrogens is 250 g/mol. The van der Waals surface area contributed by atoms with Crippen LogP contribution in [0.3, 0.4) is 0 Å². The third-order valence-corrected chi connectivity index (χ3v) is 2.63. The van der Waals surface area contributed by atoms with E-state index in [1.54, 1.807) is 13.8 Å². The molecule has 0 aliphatic carbocycles. The van der Waals surface area contributed by atoms with Crippen molar-refractivity contribution in [3.05, 3.63) is 0 Å². The van der Waals surface area contributed by atoms with Crippen molar-refractivity contribution in [2.75, 3.05) is 13.1 Å². The first-order chi connectivity index (χ1) is 8.79. The predicted molar refractivity (Wildman–Crippen MR) is 70.5 cm³/mol. The summed E-state index contributed by atoms with van der Waals surface area (Å²) in [6.07, 6.45) is 1.58. The van der Waals surface area contributed by atoms with Gasteiger partial charge in [-0.3, -0.25) is 4.79 Å². The number of carbonyl (C=O) groups excluding carboxylic acids is 2. The number of amides is 3. The highest BCUT2D eigenvalue weighted by Crippen LogP contribution is 2.04. The summed E-state index contributed by atoms with van der Waals surface area (Å²) in [5.41, 5.74) is 5.08. The fourth-order valence-corrected chi connectivity index (χ4v) is 1.53. The van der Waals surface area contributed by atoms with Crippen molar-refractivity contribution in [2.24, 2.45) is 11.7 Å². The lowest BCUT2D eigenvalue weighted by Gasteiger charge is -2.25. The fourth-order valence-electron chi connectivity index (χ4n) is 1.53. The number of hydrogen-bond donors (Lipinski definition) is 3. The second-order valence-corrected chi connectivity index (χ2v) is 4.75.